The highest BCUT2D eigenvalue weighted by atomic mass is 16.7. The molecule has 0 aliphatic carbocycles. The molecule has 1 aliphatic rings. The van der Waals surface area contributed by atoms with E-state index in [2.05, 4.69) is 19.6 Å². The normalized spacial score (nSPS) is 21.1. The van der Waals surface area contributed by atoms with Gasteiger partial charge in [0.25, 0.3) is 0 Å². The number of ether oxygens (including phenoxy) is 4. The van der Waals surface area contributed by atoms with Gasteiger partial charge in [0.05, 0.1) is 24.9 Å². The van der Waals surface area contributed by atoms with Gasteiger partial charge in [0.1, 0.15) is 24.2 Å². The Bertz CT molecular complexity index is 688. The molecule has 0 radical (unpaired) electrons. The Labute approximate surface area is 225 Å². The smallest absolute Gasteiger partial charge is 0.412 e. The lowest BCUT2D eigenvalue weighted by atomic mass is 9.98. The van der Waals surface area contributed by atoms with E-state index in [1.54, 1.807) is 41.7 Å². The van der Waals surface area contributed by atoms with Crippen molar-refractivity contribution in [3.05, 3.63) is 24.8 Å². The lowest BCUT2D eigenvalue weighted by Crippen LogP contribution is -2.55. The molecule has 0 aromatic heterocycles. The maximum Gasteiger partial charge on any atom is 0.412 e. The number of hydrogen-bond donors (Lipinski definition) is 2. The number of unbranched alkanes of at least 4 members (excludes halogenated alkanes) is 5. The third kappa shape index (κ3) is 12.3. The van der Waals surface area contributed by atoms with Crippen molar-refractivity contribution in [3.8, 4) is 0 Å². The molecule has 2 N–H and O–H groups in total. The average Bonchev–Trinajstić information content (AvgIpc) is 3.14. The second-order valence-corrected chi connectivity index (χ2v) is 11.5. The Hall–Kier alpha value is -1.45. The first-order chi connectivity index (χ1) is 17.3. The highest BCUT2D eigenvalue weighted by Gasteiger charge is 2.49. The largest absolute Gasteiger partial charge is 0.444 e. The van der Waals surface area contributed by atoms with Crippen LogP contribution in [-0.4, -0.2) is 77.4 Å². The van der Waals surface area contributed by atoms with Gasteiger partial charge in [-0.3, -0.25) is 4.90 Å². The van der Waals surface area contributed by atoms with E-state index in [0.29, 0.717) is 19.1 Å². The molecule has 8 nitrogen and oxygen atoms in total. The lowest BCUT2D eigenvalue weighted by molar-refractivity contribution is -0.0859. The Morgan fingerprint density at radius 3 is 2.43 bits per heavy atom. The fourth-order valence-electron chi connectivity index (χ4n) is 4.44. The van der Waals surface area contributed by atoms with Gasteiger partial charge in [0.15, 0.2) is 0 Å². The number of methoxy groups -OCH3 is 1. The molecule has 1 aliphatic heterocycles. The fraction of sp³-hybridized carbons (Fsp3) is 0.828. The summed E-state index contributed by atoms with van der Waals surface area (Å²) < 4.78 is 22.0. The number of nitrogens with zero attached hydrogens (tertiary/aromatic N) is 1. The van der Waals surface area contributed by atoms with Crippen LogP contribution in [0.25, 0.3) is 0 Å². The molecule has 1 saturated heterocycles. The molecular weight excluding hydrogens is 474 g/mol. The van der Waals surface area contributed by atoms with Crippen molar-refractivity contribution in [2.75, 3.05) is 20.5 Å². The molecule has 1 heterocycles. The summed E-state index contributed by atoms with van der Waals surface area (Å²) in [4.78, 5) is 14.2. The lowest BCUT2D eigenvalue weighted by Gasteiger charge is -2.37. The van der Waals surface area contributed by atoms with Crippen molar-refractivity contribution >= 4 is 6.09 Å². The Balaban J connectivity index is 2.34. The van der Waals surface area contributed by atoms with E-state index in [0.717, 1.165) is 32.1 Å². The first kappa shape index (κ1) is 33.6. The van der Waals surface area contributed by atoms with E-state index < -0.39 is 35.7 Å². The summed E-state index contributed by atoms with van der Waals surface area (Å²) in [7, 11) is 1.64. The topological polar surface area (TPSA) is 97.7 Å². The number of amides is 1. The van der Waals surface area contributed by atoms with Crippen LogP contribution in [0.5, 0.6) is 0 Å². The van der Waals surface area contributed by atoms with Crippen LogP contribution >= 0.6 is 0 Å². The third-order valence-electron chi connectivity index (χ3n) is 6.66. The van der Waals surface area contributed by atoms with Gasteiger partial charge in [-0.1, -0.05) is 50.8 Å². The summed E-state index contributed by atoms with van der Waals surface area (Å²) in [6, 6.07) is -0.679. The number of hydrogen-bond acceptors (Lipinski definition) is 7. The second-order valence-electron chi connectivity index (χ2n) is 11.5. The van der Waals surface area contributed by atoms with E-state index in [1.807, 2.05) is 12.2 Å². The molecule has 8 heteroatoms. The number of allylic oxidation sites excluding steroid dienone is 1. The minimum atomic E-state index is -1.14. The summed E-state index contributed by atoms with van der Waals surface area (Å²) in [5, 5.41) is 21.4. The molecule has 0 aromatic rings. The highest BCUT2D eigenvalue weighted by molar-refractivity contribution is 5.70. The molecule has 216 valence electrons. The van der Waals surface area contributed by atoms with Crippen LogP contribution < -0.4 is 0 Å². The van der Waals surface area contributed by atoms with Crippen molar-refractivity contribution in [2.24, 2.45) is 5.92 Å². The zero-order chi connectivity index (χ0) is 28.1. The molecule has 0 bridgehead atoms. The quantitative estimate of drug-likeness (QED) is 0.145. The van der Waals surface area contributed by atoms with E-state index >= 15 is 0 Å². The molecule has 0 aromatic carbocycles. The number of aliphatic hydroxyl groups excluding tert-OH is 2. The van der Waals surface area contributed by atoms with Crippen LogP contribution in [0.2, 0.25) is 0 Å². The molecule has 0 spiro atoms. The van der Waals surface area contributed by atoms with Crippen molar-refractivity contribution in [3.63, 3.8) is 0 Å². The van der Waals surface area contributed by atoms with Crippen LogP contribution in [0, 0.1) is 5.92 Å². The van der Waals surface area contributed by atoms with Crippen molar-refractivity contribution in [2.45, 2.75) is 129 Å². The highest BCUT2D eigenvalue weighted by Crippen LogP contribution is 2.32. The number of rotatable bonds is 17. The van der Waals surface area contributed by atoms with Gasteiger partial charge in [0, 0.05) is 13.0 Å². The van der Waals surface area contributed by atoms with Gasteiger partial charge in [0.2, 0.25) is 0 Å². The monoisotopic (exact) mass is 527 g/mol. The van der Waals surface area contributed by atoms with Crippen LogP contribution in [-0.2, 0) is 18.9 Å². The van der Waals surface area contributed by atoms with Crippen LogP contribution in [0.3, 0.4) is 0 Å². The first-order valence-corrected chi connectivity index (χ1v) is 13.7. The second kappa shape index (κ2) is 16.5. The SMILES string of the molecule is C=C[C@H](C)[C@H](CCCCCCC/C=C\C[C@@H](O)[C@@H](O)[C@@H]1COC(C)(C)N1C(=O)OC(C)(C)C)OCOC. The molecule has 37 heavy (non-hydrogen) atoms. The average molecular weight is 528 g/mol. The van der Waals surface area contributed by atoms with Gasteiger partial charge in [-0.15, -0.1) is 6.58 Å². The molecule has 1 fully saturated rings. The fourth-order valence-corrected chi connectivity index (χ4v) is 4.44. The van der Waals surface area contributed by atoms with Gasteiger partial charge < -0.3 is 29.2 Å². The van der Waals surface area contributed by atoms with Crippen molar-refractivity contribution < 1.29 is 34.0 Å². The minimum Gasteiger partial charge on any atom is -0.444 e. The Morgan fingerprint density at radius 2 is 1.81 bits per heavy atom. The summed E-state index contributed by atoms with van der Waals surface area (Å²) in [6.45, 7) is 15.3. The van der Waals surface area contributed by atoms with Gasteiger partial charge in [-0.05, 0) is 60.3 Å². The molecule has 1 amide bonds. The molecule has 0 saturated carbocycles. The van der Waals surface area contributed by atoms with Gasteiger partial charge >= 0.3 is 6.09 Å². The zero-order valence-electron chi connectivity index (χ0n) is 24.3. The number of carbonyl (C=O) groups is 1. The van der Waals surface area contributed by atoms with E-state index in [9.17, 15) is 15.0 Å². The van der Waals surface area contributed by atoms with Crippen molar-refractivity contribution in [1.82, 2.24) is 4.90 Å². The standard InChI is InChI=1S/C29H53NO7/c1-9-22(2)25(35-21-34-8)19-17-15-13-11-10-12-14-16-18-24(31)26(32)23-20-36-29(6,7)30(23)27(33)37-28(3,4)5/h9,14,16,22-26,31-32H,1,10-13,15,17-21H2,2-8H3/b16-14-/t22-,23-,24+,25-,26-/m0/s1. The van der Waals surface area contributed by atoms with E-state index in [4.69, 9.17) is 18.9 Å². The van der Waals surface area contributed by atoms with Crippen molar-refractivity contribution in [1.29, 1.82) is 0 Å². The third-order valence-corrected chi connectivity index (χ3v) is 6.66. The Kier molecular flexibility index (Phi) is 15.0. The summed E-state index contributed by atoms with van der Waals surface area (Å²) in [5.41, 5.74) is -1.59. The molecule has 5 atom stereocenters. The maximum absolute atomic E-state index is 12.8. The number of carbonyl (C=O) groups excluding carboxylic acids is 1. The number of aliphatic hydroxyl groups is 2. The van der Waals surface area contributed by atoms with Crippen LogP contribution in [0.1, 0.15) is 92.9 Å². The summed E-state index contributed by atoms with van der Waals surface area (Å²) >= 11 is 0. The van der Waals surface area contributed by atoms with E-state index in [-0.39, 0.29) is 12.7 Å². The predicted octanol–water partition coefficient (Wildman–Crippen LogP) is 5.57. The van der Waals surface area contributed by atoms with Crippen LogP contribution in [0.15, 0.2) is 24.8 Å². The molecule has 0 unspecified atom stereocenters. The van der Waals surface area contributed by atoms with E-state index in [1.165, 1.54) is 17.7 Å². The predicted molar refractivity (Wildman–Crippen MR) is 146 cm³/mol. The van der Waals surface area contributed by atoms with Gasteiger partial charge in [-0.2, -0.15) is 0 Å². The zero-order valence-corrected chi connectivity index (χ0v) is 24.3. The minimum absolute atomic E-state index is 0.139. The maximum atomic E-state index is 12.8. The summed E-state index contributed by atoms with van der Waals surface area (Å²) in [5.74, 6) is 0.308. The Morgan fingerprint density at radius 1 is 1.16 bits per heavy atom. The molecular formula is C29H53NO7. The van der Waals surface area contributed by atoms with Gasteiger partial charge in [-0.25, -0.2) is 4.79 Å². The van der Waals surface area contributed by atoms with Crippen LogP contribution in [0.4, 0.5) is 4.79 Å². The summed E-state index contributed by atoms with van der Waals surface area (Å²) in [6.07, 6.45) is 11.3. The first-order valence-electron chi connectivity index (χ1n) is 13.7. The molecule has 1 rings (SSSR count).